The second-order valence-corrected chi connectivity index (χ2v) is 5.94. The molecule has 1 amide bonds. The molecule has 0 aliphatic rings. The molecule has 0 spiro atoms. The minimum absolute atomic E-state index is 0.221. The zero-order chi connectivity index (χ0) is 18.4. The molecule has 3 rings (SSSR count). The van der Waals surface area contributed by atoms with Gasteiger partial charge in [-0.15, -0.1) is 5.10 Å². The van der Waals surface area contributed by atoms with Crippen molar-refractivity contribution in [2.75, 3.05) is 0 Å². The van der Waals surface area contributed by atoms with Crippen molar-refractivity contribution in [1.29, 1.82) is 0 Å². The Morgan fingerprint density at radius 2 is 1.92 bits per heavy atom. The summed E-state index contributed by atoms with van der Waals surface area (Å²) in [5.74, 6) is -0.551. The van der Waals surface area contributed by atoms with Gasteiger partial charge in [0.15, 0.2) is 0 Å². The maximum atomic E-state index is 12.9. The van der Waals surface area contributed by atoms with Crippen LogP contribution in [0.2, 0.25) is 0 Å². The summed E-state index contributed by atoms with van der Waals surface area (Å²) in [5, 5.41) is 10.9. The summed E-state index contributed by atoms with van der Waals surface area (Å²) in [5.41, 5.74) is 2.56. The van der Waals surface area contributed by atoms with Crippen molar-refractivity contribution >= 4 is 12.0 Å². The van der Waals surface area contributed by atoms with Crippen LogP contribution in [-0.4, -0.2) is 20.9 Å². The molecule has 1 aromatic heterocycles. The highest BCUT2D eigenvalue weighted by atomic mass is 19.1. The first-order valence-electron chi connectivity index (χ1n) is 8.28. The van der Waals surface area contributed by atoms with E-state index in [2.05, 4.69) is 15.6 Å². The van der Waals surface area contributed by atoms with E-state index in [0.717, 1.165) is 11.1 Å². The van der Waals surface area contributed by atoms with E-state index < -0.39 is 0 Å². The lowest BCUT2D eigenvalue weighted by Crippen LogP contribution is -2.24. The van der Waals surface area contributed by atoms with Gasteiger partial charge in [0.1, 0.15) is 11.5 Å². The third-order valence-corrected chi connectivity index (χ3v) is 3.88. The van der Waals surface area contributed by atoms with Gasteiger partial charge in [0.2, 0.25) is 5.91 Å². The van der Waals surface area contributed by atoms with Crippen LogP contribution in [0.25, 0.3) is 6.08 Å². The van der Waals surface area contributed by atoms with Crippen molar-refractivity contribution in [2.24, 2.45) is 0 Å². The number of benzene rings is 2. The van der Waals surface area contributed by atoms with E-state index >= 15 is 0 Å². The van der Waals surface area contributed by atoms with E-state index in [1.165, 1.54) is 18.2 Å². The zero-order valence-electron chi connectivity index (χ0n) is 14.3. The molecule has 3 aromatic rings. The van der Waals surface area contributed by atoms with Gasteiger partial charge in [0.05, 0.1) is 18.8 Å². The summed E-state index contributed by atoms with van der Waals surface area (Å²) >= 11 is 0. The number of rotatable bonds is 6. The molecule has 26 heavy (non-hydrogen) atoms. The fourth-order valence-electron chi connectivity index (χ4n) is 2.49. The third-order valence-electron chi connectivity index (χ3n) is 3.88. The topological polar surface area (TPSA) is 59.8 Å². The summed E-state index contributed by atoms with van der Waals surface area (Å²) in [6.07, 6.45) is 4.80. The summed E-state index contributed by atoms with van der Waals surface area (Å²) < 4.78 is 14.7. The Kier molecular flexibility index (Phi) is 5.53. The molecular formula is C20H19FN4O. The molecule has 0 saturated carbocycles. The molecule has 0 unspecified atom stereocenters. The number of halogens is 1. The lowest BCUT2D eigenvalue weighted by atomic mass is 10.1. The molecule has 0 saturated heterocycles. The lowest BCUT2D eigenvalue weighted by Gasteiger charge is -2.12. The summed E-state index contributed by atoms with van der Waals surface area (Å²) in [6.45, 7) is 2.46. The molecule has 1 atom stereocenters. The monoisotopic (exact) mass is 350 g/mol. The molecule has 5 nitrogen and oxygen atoms in total. The second kappa shape index (κ2) is 8.20. The van der Waals surface area contributed by atoms with Crippen LogP contribution in [0.3, 0.4) is 0 Å². The Labute approximate surface area is 151 Å². The molecule has 2 aromatic carbocycles. The van der Waals surface area contributed by atoms with Gasteiger partial charge in [-0.25, -0.2) is 9.07 Å². The van der Waals surface area contributed by atoms with Crippen LogP contribution >= 0.6 is 0 Å². The van der Waals surface area contributed by atoms with E-state index in [-0.39, 0.29) is 17.8 Å². The predicted octanol–water partition coefficient (Wildman–Crippen LogP) is 3.36. The summed E-state index contributed by atoms with van der Waals surface area (Å²) in [6, 6.07) is 15.8. The van der Waals surface area contributed by atoms with Crippen molar-refractivity contribution in [3.05, 3.63) is 89.5 Å². The maximum Gasteiger partial charge on any atom is 0.244 e. The predicted molar refractivity (Wildman–Crippen MR) is 97.6 cm³/mol. The van der Waals surface area contributed by atoms with Gasteiger partial charge in [-0.3, -0.25) is 4.79 Å². The number of aromatic nitrogens is 3. The molecule has 0 radical (unpaired) electrons. The molecule has 6 heteroatoms. The van der Waals surface area contributed by atoms with E-state index in [1.54, 1.807) is 29.1 Å². The minimum Gasteiger partial charge on any atom is -0.346 e. The molecule has 132 valence electrons. The smallest absolute Gasteiger partial charge is 0.244 e. The minimum atomic E-state index is -0.300. The number of hydrogen-bond acceptors (Lipinski definition) is 3. The van der Waals surface area contributed by atoms with Crippen molar-refractivity contribution in [2.45, 2.75) is 19.5 Å². The van der Waals surface area contributed by atoms with E-state index in [1.807, 2.05) is 37.3 Å². The molecule has 0 fully saturated rings. The zero-order valence-corrected chi connectivity index (χ0v) is 14.3. The second-order valence-electron chi connectivity index (χ2n) is 5.94. The maximum absolute atomic E-state index is 12.9. The molecule has 0 aliphatic heterocycles. The Morgan fingerprint density at radius 3 is 2.65 bits per heavy atom. The van der Waals surface area contributed by atoms with E-state index in [9.17, 15) is 9.18 Å². The van der Waals surface area contributed by atoms with Gasteiger partial charge in [-0.2, -0.15) is 0 Å². The molecule has 0 aliphatic carbocycles. The number of amides is 1. The highest BCUT2D eigenvalue weighted by Crippen LogP contribution is 2.12. The van der Waals surface area contributed by atoms with Gasteiger partial charge in [-0.05, 0) is 36.3 Å². The summed E-state index contributed by atoms with van der Waals surface area (Å²) in [7, 11) is 0. The quantitative estimate of drug-likeness (QED) is 0.694. The molecule has 1 heterocycles. The van der Waals surface area contributed by atoms with Gasteiger partial charge < -0.3 is 5.32 Å². The van der Waals surface area contributed by atoms with Crippen molar-refractivity contribution in [3.8, 4) is 0 Å². The van der Waals surface area contributed by atoms with Crippen LogP contribution in [0, 0.1) is 5.82 Å². The molecule has 1 N–H and O–H groups in total. The van der Waals surface area contributed by atoms with Gasteiger partial charge >= 0.3 is 0 Å². The highest BCUT2D eigenvalue weighted by Gasteiger charge is 2.07. The Morgan fingerprint density at radius 1 is 1.19 bits per heavy atom. The largest absolute Gasteiger partial charge is 0.346 e. The first-order valence-corrected chi connectivity index (χ1v) is 8.28. The van der Waals surface area contributed by atoms with E-state index in [0.29, 0.717) is 12.2 Å². The first kappa shape index (κ1) is 17.5. The standard InChI is InChI=1S/C20H19FN4O/c1-15(17-7-9-18(21)10-8-17)22-20(26)12-11-19-14-25(24-23-19)13-16-5-3-2-4-6-16/h2-12,14-15H,13H2,1H3,(H,22,26)/b12-11+/t15-/m0/s1. The number of carbonyl (C=O) groups excluding carboxylic acids is 1. The van der Waals surface area contributed by atoms with Crippen LogP contribution in [0.5, 0.6) is 0 Å². The number of nitrogens with one attached hydrogen (secondary N) is 1. The molecule has 0 bridgehead atoms. The van der Waals surface area contributed by atoms with Crippen LogP contribution in [0.1, 0.15) is 29.8 Å². The number of carbonyl (C=O) groups is 1. The van der Waals surface area contributed by atoms with Crippen LogP contribution in [0.15, 0.2) is 66.9 Å². The number of nitrogens with zero attached hydrogens (tertiary/aromatic N) is 3. The fraction of sp³-hybridized carbons (Fsp3) is 0.150. The SMILES string of the molecule is C[C@H](NC(=O)/C=C/c1cn(Cc2ccccc2)nn1)c1ccc(F)cc1. The average Bonchev–Trinajstić information content (AvgIpc) is 3.09. The average molecular weight is 350 g/mol. The van der Waals surface area contributed by atoms with Crippen molar-refractivity contribution in [3.63, 3.8) is 0 Å². The Bertz CT molecular complexity index is 888. The Balaban J connectivity index is 1.55. The fourth-order valence-corrected chi connectivity index (χ4v) is 2.49. The first-order chi connectivity index (χ1) is 12.6. The van der Waals surface area contributed by atoms with Crippen LogP contribution < -0.4 is 5.32 Å². The van der Waals surface area contributed by atoms with Gasteiger partial charge in [0, 0.05) is 6.08 Å². The number of hydrogen-bond donors (Lipinski definition) is 1. The Hall–Kier alpha value is -3.28. The molecular weight excluding hydrogens is 331 g/mol. The lowest BCUT2D eigenvalue weighted by molar-refractivity contribution is -0.117. The van der Waals surface area contributed by atoms with Gasteiger partial charge in [0.25, 0.3) is 0 Å². The summed E-state index contributed by atoms with van der Waals surface area (Å²) in [4.78, 5) is 12.0. The van der Waals surface area contributed by atoms with Crippen LogP contribution in [0.4, 0.5) is 4.39 Å². The highest BCUT2D eigenvalue weighted by molar-refractivity contribution is 5.91. The van der Waals surface area contributed by atoms with E-state index in [4.69, 9.17) is 0 Å². The van der Waals surface area contributed by atoms with Crippen molar-refractivity contribution in [1.82, 2.24) is 20.3 Å². The van der Waals surface area contributed by atoms with Crippen LogP contribution in [-0.2, 0) is 11.3 Å². The third kappa shape index (κ3) is 4.86. The van der Waals surface area contributed by atoms with Gasteiger partial charge in [-0.1, -0.05) is 47.7 Å². The normalized spacial score (nSPS) is 12.2. The van der Waals surface area contributed by atoms with Crippen molar-refractivity contribution < 1.29 is 9.18 Å².